The van der Waals surface area contributed by atoms with Gasteiger partial charge >= 0.3 is 6.09 Å². The van der Waals surface area contributed by atoms with Crippen molar-refractivity contribution in [1.29, 1.82) is 5.26 Å². The molecule has 0 aliphatic heterocycles. The molecule has 1 amide bonds. The molecule has 0 saturated heterocycles. The minimum atomic E-state index is -1.07. The van der Waals surface area contributed by atoms with Crippen molar-refractivity contribution in [1.82, 2.24) is 5.32 Å². The maximum Gasteiger partial charge on any atom is 0.405 e. The Morgan fingerprint density at radius 1 is 1.60 bits per heavy atom. The molecule has 2 N–H and O–H groups in total. The SMILES string of the molecule is Cc1c(C#N)cccc1C(C)NC(=O)O. The highest BCUT2D eigenvalue weighted by molar-refractivity contribution is 5.65. The Labute approximate surface area is 88.2 Å². The third-order valence-corrected chi connectivity index (χ3v) is 2.30. The second-order valence-corrected chi connectivity index (χ2v) is 3.30. The van der Waals surface area contributed by atoms with Crippen LogP contribution in [0, 0.1) is 18.3 Å². The first kappa shape index (κ1) is 11.1. The lowest BCUT2D eigenvalue weighted by molar-refractivity contribution is 0.191. The molecule has 1 atom stereocenters. The Morgan fingerprint density at radius 2 is 2.27 bits per heavy atom. The number of amides is 1. The van der Waals surface area contributed by atoms with Crippen LogP contribution in [0.5, 0.6) is 0 Å². The number of nitrogens with zero attached hydrogens (tertiary/aromatic N) is 1. The van der Waals surface area contributed by atoms with Crippen molar-refractivity contribution >= 4 is 6.09 Å². The highest BCUT2D eigenvalue weighted by atomic mass is 16.4. The first-order chi connectivity index (χ1) is 7.06. The zero-order chi connectivity index (χ0) is 11.4. The number of nitrogens with one attached hydrogen (secondary N) is 1. The van der Waals surface area contributed by atoms with E-state index < -0.39 is 6.09 Å². The summed E-state index contributed by atoms with van der Waals surface area (Å²) in [5.41, 5.74) is 2.23. The van der Waals surface area contributed by atoms with E-state index in [4.69, 9.17) is 10.4 Å². The van der Waals surface area contributed by atoms with E-state index in [1.54, 1.807) is 19.1 Å². The van der Waals surface area contributed by atoms with E-state index in [2.05, 4.69) is 11.4 Å². The molecule has 0 spiro atoms. The van der Waals surface area contributed by atoms with Crippen LogP contribution in [0.25, 0.3) is 0 Å². The van der Waals surface area contributed by atoms with E-state index in [9.17, 15) is 4.79 Å². The van der Waals surface area contributed by atoms with Crippen molar-refractivity contribution in [2.45, 2.75) is 19.9 Å². The van der Waals surface area contributed by atoms with Gasteiger partial charge in [-0.05, 0) is 31.0 Å². The molecule has 1 aromatic carbocycles. The van der Waals surface area contributed by atoms with Crippen LogP contribution in [0.2, 0.25) is 0 Å². The van der Waals surface area contributed by atoms with Crippen molar-refractivity contribution in [3.8, 4) is 6.07 Å². The third-order valence-electron chi connectivity index (χ3n) is 2.30. The van der Waals surface area contributed by atoms with E-state index in [0.717, 1.165) is 11.1 Å². The fraction of sp³-hybridized carbons (Fsp3) is 0.273. The molecule has 0 aliphatic carbocycles. The standard InChI is InChI=1S/C11H12N2O2/c1-7-9(6-12)4-3-5-10(7)8(2)13-11(14)15/h3-5,8,13H,1-2H3,(H,14,15). The normalized spacial score (nSPS) is 11.5. The quantitative estimate of drug-likeness (QED) is 0.775. The number of hydrogen-bond acceptors (Lipinski definition) is 2. The van der Waals surface area contributed by atoms with Crippen LogP contribution >= 0.6 is 0 Å². The Morgan fingerprint density at radius 3 is 2.80 bits per heavy atom. The summed E-state index contributed by atoms with van der Waals surface area (Å²) >= 11 is 0. The Kier molecular flexibility index (Phi) is 3.29. The van der Waals surface area contributed by atoms with Crippen LogP contribution < -0.4 is 5.32 Å². The van der Waals surface area contributed by atoms with Gasteiger partial charge in [0.25, 0.3) is 0 Å². The van der Waals surface area contributed by atoms with Gasteiger partial charge in [0.05, 0.1) is 17.7 Å². The summed E-state index contributed by atoms with van der Waals surface area (Å²) in [6.45, 7) is 3.56. The van der Waals surface area contributed by atoms with Crippen LogP contribution in [0.15, 0.2) is 18.2 Å². The largest absolute Gasteiger partial charge is 0.465 e. The van der Waals surface area contributed by atoms with Gasteiger partial charge in [-0.3, -0.25) is 0 Å². The third kappa shape index (κ3) is 2.47. The molecular weight excluding hydrogens is 192 g/mol. The second kappa shape index (κ2) is 4.47. The topological polar surface area (TPSA) is 73.1 Å². The van der Waals surface area contributed by atoms with Crippen LogP contribution in [-0.2, 0) is 0 Å². The van der Waals surface area contributed by atoms with Gasteiger partial charge in [-0.25, -0.2) is 4.79 Å². The first-order valence-electron chi connectivity index (χ1n) is 4.55. The zero-order valence-electron chi connectivity index (χ0n) is 8.61. The van der Waals surface area contributed by atoms with Gasteiger partial charge in [-0.1, -0.05) is 12.1 Å². The molecule has 1 unspecified atom stereocenters. The molecule has 4 nitrogen and oxygen atoms in total. The summed E-state index contributed by atoms with van der Waals surface area (Å²) in [5.74, 6) is 0. The van der Waals surface area contributed by atoms with Gasteiger partial charge < -0.3 is 10.4 Å². The molecule has 78 valence electrons. The fourth-order valence-corrected chi connectivity index (χ4v) is 1.51. The molecule has 0 aliphatic rings. The number of hydrogen-bond donors (Lipinski definition) is 2. The number of carbonyl (C=O) groups is 1. The van der Waals surface area contributed by atoms with Crippen molar-refractivity contribution in [3.63, 3.8) is 0 Å². The van der Waals surface area contributed by atoms with E-state index in [1.165, 1.54) is 0 Å². The van der Waals surface area contributed by atoms with Gasteiger partial charge in [0.2, 0.25) is 0 Å². The molecule has 15 heavy (non-hydrogen) atoms. The van der Waals surface area contributed by atoms with Gasteiger partial charge in [-0.15, -0.1) is 0 Å². The average Bonchev–Trinajstić information content (AvgIpc) is 2.17. The monoisotopic (exact) mass is 204 g/mol. The molecule has 1 rings (SSSR count). The molecule has 0 saturated carbocycles. The number of benzene rings is 1. The summed E-state index contributed by atoms with van der Waals surface area (Å²) in [4.78, 5) is 10.5. The smallest absolute Gasteiger partial charge is 0.405 e. The fourth-order valence-electron chi connectivity index (χ4n) is 1.51. The molecule has 1 aromatic rings. The first-order valence-corrected chi connectivity index (χ1v) is 4.55. The summed E-state index contributed by atoms with van der Waals surface area (Å²) < 4.78 is 0. The van der Waals surface area contributed by atoms with E-state index >= 15 is 0 Å². The van der Waals surface area contributed by atoms with Crippen LogP contribution in [-0.4, -0.2) is 11.2 Å². The highest BCUT2D eigenvalue weighted by Gasteiger charge is 2.12. The van der Waals surface area contributed by atoms with E-state index in [1.807, 2.05) is 13.0 Å². The van der Waals surface area contributed by atoms with E-state index in [0.29, 0.717) is 5.56 Å². The lowest BCUT2D eigenvalue weighted by atomic mass is 9.98. The molecule has 0 radical (unpaired) electrons. The van der Waals surface area contributed by atoms with Crippen molar-refractivity contribution in [3.05, 3.63) is 34.9 Å². The summed E-state index contributed by atoms with van der Waals surface area (Å²) in [7, 11) is 0. The molecule has 4 heteroatoms. The van der Waals surface area contributed by atoms with Crippen molar-refractivity contribution in [2.75, 3.05) is 0 Å². The number of rotatable bonds is 2. The number of nitriles is 1. The van der Waals surface area contributed by atoms with Crippen LogP contribution in [0.4, 0.5) is 4.79 Å². The lowest BCUT2D eigenvalue weighted by Crippen LogP contribution is -2.25. The maximum atomic E-state index is 10.5. The summed E-state index contributed by atoms with van der Waals surface area (Å²) in [6, 6.07) is 7.04. The predicted octanol–water partition coefficient (Wildman–Crippen LogP) is 2.20. The van der Waals surface area contributed by atoms with Gasteiger partial charge in [0, 0.05) is 0 Å². The summed E-state index contributed by atoms with van der Waals surface area (Å²) in [5, 5.41) is 19.8. The Bertz CT molecular complexity index is 421. The summed E-state index contributed by atoms with van der Waals surface area (Å²) in [6.07, 6.45) is -1.07. The minimum absolute atomic E-state index is 0.309. The maximum absolute atomic E-state index is 10.5. The molecule has 0 bridgehead atoms. The van der Waals surface area contributed by atoms with Crippen LogP contribution in [0.1, 0.15) is 29.7 Å². The minimum Gasteiger partial charge on any atom is -0.465 e. The van der Waals surface area contributed by atoms with Crippen LogP contribution in [0.3, 0.4) is 0 Å². The molecule has 0 fully saturated rings. The Balaban J connectivity index is 3.05. The van der Waals surface area contributed by atoms with Crippen molar-refractivity contribution < 1.29 is 9.90 Å². The molecule has 0 heterocycles. The average molecular weight is 204 g/mol. The van der Waals surface area contributed by atoms with Gasteiger partial charge in [0.15, 0.2) is 0 Å². The molecular formula is C11H12N2O2. The van der Waals surface area contributed by atoms with E-state index in [-0.39, 0.29) is 6.04 Å². The van der Waals surface area contributed by atoms with Crippen molar-refractivity contribution in [2.24, 2.45) is 0 Å². The predicted molar refractivity (Wildman–Crippen MR) is 55.5 cm³/mol. The second-order valence-electron chi connectivity index (χ2n) is 3.30. The van der Waals surface area contributed by atoms with Gasteiger partial charge in [-0.2, -0.15) is 5.26 Å². The number of carboxylic acid groups (broad SMARTS) is 1. The van der Waals surface area contributed by atoms with Gasteiger partial charge in [0.1, 0.15) is 0 Å². The highest BCUT2D eigenvalue weighted by Crippen LogP contribution is 2.19. The Hall–Kier alpha value is -2.02. The lowest BCUT2D eigenvalue weighted by Gasteiger charge is -2.14. The zero-order valence-corrected chi connectivity index (χ0v) is 8.61. The molecule has 0 aromatic heterocycles.